The standard InChI is InChI=1S/C13H17N3O/c1-10-6-7-11(5-4-8-14)9-12(10)13(17)15-16(2)3/h6-7,9H,8,14H2,1-3H3,(H,15,17). The summed E-state index contributed by atoms with van der Waals surface area (Å²) in [4.78, 5) is 11.9. The number of carbonyl (C=O) groups excluding carboxylic acids is 1. The second kappa shape index (κ2) is 6.04. The molecule has 0 fully saturated rings. The van der Waals surface area contributed by atoms with Crippen LogP contribution in [0.4, 0.5) is 0 Å². The predicted octanol–water partition coefficient (Wildman–Crippen LogP) is 0.512. The van der Waals surface area contributed by atoms with Gasteiger partial charge in [0.1, 0.15) is 0 Å². The fraction of sp³-hybridized carbons (Fsp3) is 0.308. The Hall–Kier alpha value is -1.83. The van der Waals surface area contributed by atoms with E-state index in [0.29, 0.717) is 12.1 Å². The first kappa shape index (κ1) is 13.2. The van der Waals surface area contributed by atoms with Crippen LogP contribution < -0.4 is 11.2 Å². The van der Waals surface area contributed by atoms with E-state index in [1.807, 2.05) is 19.1 Å². The Kier molecular flexibility index (Phi) is 4.70. The molecular weight excluding hydrogens is 214 g/mol. The molecule has 0 bridgehead atoms. The van der Waals surface area contributed by atoms with Gasteiger partial charge < -0.3 is 5.73 Å². The van der Waals surface area contributed by atoms with Crippen LogP contribution in [0.25, 0.3) is 0 Å². The number of carbonyl (C=O) groups is 1. The zero-order chi connectivity index (χ0) is 12.8. The third-order valence-corrected chi connectivity index (χ3v) is 2.14. The lowest BCUT2D eigenvalue weighted by Gasteiger charge is -2.13. The SMILES string of the molecule is Cc1ccc(C#CCN)cc1C(=O)NN(C)C. The minimum atomic E-state index is -0.135. The van der Waals surface area contributed by atoms with Gasteiger partial charge in [-0.25, -0.2) is 5.01 Å². The fourth-order valence-corrected chi connectivity index (χ4v) is 1.36. The molecule has 0 unspecified atom stereocenters. The predicted molar refractivity (Wildman–Crippen MR) is 68.3 cm³/mol. The number of aryl methyl sites for hydroxylation is 1. The number of hydrogen-bond acceptors (Lipinski definition) is 3. The maximum atomic E-state index is 11.9. The minimum Gasteiger partial charge on any atom is -0.320 e. The highest BCUT2D eigenvalue weighted by atomic mass is 16.2. The maximum absolute atomic E-state index is 11.9. The van der Waals surface area contributed by atoms with E-state index >= 15 is 0 Å². The van der Waals surface area contributed by atoms with Crippen LogP contribution in [0.1, 0.15) is 21.5 Å². The second-order valence-corrected chi connectivity index (χ2v) is 3.87. The molecule has 90 valence electrons. The van der Waals surface area contributed by atoms with Gasteiger partial charge in [-0.2, -0.15) is 0 Å². The van der Waals surface area contributed by atoms with Gasteiger partial charge in [-0.1, -0.05) is 17.9 Å². The normalized spacial score (nSPS) is 9.71. The molecule has 0 radical (unpaired) electrons. The van der Waals surface area contributed by atoms with Crippen molar-refractivity contribution in [1.82, 2.24) is 10.4 Å². The molecule has 0 heterocycles. The molecule has 17 heavy (non-hydrogen) atoms. The Labute approximate surface area is 102 Å². The molecule has 4 heteroatoms. The molecule has 0 atom stereocenters. The molecule has 0 aliphatic carbocycles. The zero-order valence-corrected chi connectivity index (χ0v) is 10.4. The lowest BCUT2D eigenvalue weighted by Crippen LogP contribution is -2.36. The van der Waals surface area contributed by atoms with Crippen molar-refractivity contribution in [3.8, 4) is 11.8 Å². The number of nitrogens with two attached hydrogens (primary N) is 1. The van der Waals surface area contributed by atoms with Gasteiger partial charge in [0.15, 0.2) is 0 Å². The van der Waals surface area contributed by atoms with Crippen molar-refractivity contribution < 1.29 is 4.79 Å². The van der Waals surface area contributed by atoms with E-state index < -0.39 is 0 Å². The maximum Gasteiger partial charge on any atom is 0.265 e. The van der Waals surface area contributed by atoms with Crippen LogP contribution in [0.15, 0.2) is 18.2 Å². The average molecular weight is 231 g/mol. The molecule has 0 saturated carbocycles. The molecule has 4 nitrogen and oxygen atoms in total. The third-order valence-electron chi connectivity index (χ3n) is 2.14. The Balaban J connectivity index is 3.02. The molecule has 0 saturated heterocycles. The Morgan fingerprint density at radius 3 is 2.76 bits per heavy atom. The van der Waals surface area contributed by atoms with E-state index in [9.17, 15) is 4.79 Å². The first-order valence-corrected chi connectivity index (χ1v) is 5.32. The quantitative estimate of drug-likeness (QED) is 0.576. The van der Waals surface area contributed by atoms with Gasteiger partial charge in [-0.3, -0.25) is 10.2 Å². The Morgan fingerprint density at radius 2 is 2.18 bits per heavy atom. The molecule has 3 N–H and O–H groups in total. The van der Waals surface area contributed by atoms with Gasteiger partial charge >= 0.3 is 0 Å². The van der Waals surface area contributed by atoms with Crippen LogP contribution in [0, 0.1) is 18.8 Å². The lowest BCUT2D eigenvalue weighted by molar-refractivity contribution is 0.0856. The molecule has 1 aromatic rings. The second-order valence-electron chi connectivity index (χ2n) is 3.87. The third kappa shape index (κ3) is 3.91. The summed E-state index contributed by atoms with van der Waals surface area (Å²) in [5, 5.41) is 1.61. The molecule has 1 aromatic carbocycles. The summed E-state index contributed by atoms with van der Waals surface area (Å²) in [7, 11) is 3.54. The molecule has 0 aliphatic rings. The van der Waals surface area contributed by atoms with Gasteiger partial charge in [0.05, 0.1) is 6.54 Å². The molecule has 0 aromatic heterocycles. The highest BCUT2D eigenvalue weighted by Crippen LogP contribution is 2.10. The van der Waals surface area contributed by atoms with E-state index in [1.165, 1.54) is 0 Å². The molecule has 1 amide bonds. The first-order chi connectivity index (χ1) is 8.04. The average Bonchev–Trinajstić information content (AvgIpc) is 2.27. The summed E-state index contributed by atoms with van der Waals surface area (Å²) in [6, 6.07) is 5.53. The van der Waals surface area contributed by atoms with E-state index in [4.69, 9.17) is 5.73 Å². The van der Waals surface area contributed by atoms with Crippen molar-refractivity contribution in [1.29, 1.82) is 0 Å². The monoisotopic (exact) mass is 231 g/mol. The molecular formula is C13H17N3O. The number of nitrogens with zero attached hydrogens (tertiary/aromatic N) is 1. The summed E-state index contributed by atoms with van der Waals surface area (Å²) in [6.07, 6.45) is 0. The number of amides is 1. The number of rotatable bonds is 2. The molecule has 1 rings (SSSR count). The van der Waals surface area contributed by atoms with Crippen LogP contribution in [0.3, 0.4) is 0 Å². The van der Waals surface area contributed by atoms with Crippen molar-refractivity contribution >= 4 is 5.91 Å². The van der Waals surface area contributed by atoms with Crippen molar-refractivity contribution in [3.63, 3.8) is 0 Å². The van der Waals surface area contributed by atoms with Crippen molar-refractivity contribution in [2.45, 2.75) is 6.92 Å². The topological polar surface area (TPSA) is 58.4 Å². The van der Waals surface area contributed by atoms with Gasteiger partial charge in [-0.05, 0) is 24.6 Å². The summed E-state index contributed by atoms with van der Waals surface area (Å²) >= 11 is 0. The number of hydrogen-bond donors (Lipinski definition) is 2. The largest absolute Gasteiger partial charge is 0.320 e. The number of benzene rings is 1. The molecule has 0 spiro atoms. The number of nitrogens with one attached hydrogen (secondary N) is 1. The Bertz CT molecular complexity index is 469. The van der Waals surface area contributed by atoms with Crippen molar-refractivity contribution in [2.24, 2.45) is 5.73 Å². The summed E-state index contributed by atoms with van der Waals surface area (Å²) in [5.74, 6) is 5.54. The van der Waals surface area contributed by atoms with E-state index in [0.717, 1.165) is 11.1 Å². The van der Waals surface area contributed by atoms with Gasteiger partial charge in [0, 0.05) is 25.2 Å². The highest BCUT2D eigenvalue weighted by Gasteiger charge is 2.09. The summed E-state index contributed by atoms with van der Waals surface area (Å²) < 4.78 is 0. The minimum absolute atomic E-state index is 0.135. The Morgan fingerprint density at radius 1 is 1.47 bits per heavy atom. The van der Waals surface area contributed by atoms with E-state index in [1.54, 1.807) is 25.2 Å². The van der Waals surface area contributed by atoms with Crippen LogP contribution >= 0.6 is 0 Å². The zero-order valence-electron chi connectivity index (χ0n) is 10.4. The van der Waals surface area contributed by atoms with Crippen LogP contribution in [-0.4, -0.2) is 31.6 Å². The van der Waals surface area contributed by atoms with Gasteiger partial charge in [0.2, 0.25) is 0 Å². The van der Waals surface area contributed by atoms with Crippen LogP contribution in [-0.2, 0) is 0 Å². The van der Waals surface area contributed by atoms with Crippen molar-refractivity contribution in [2.75, 3.05) is 20.6 Å². The lowest BCUT2D eigenvalue weighted by atomic mass is 10.0. The molecule has 0 aliphatic heterocycles. The summed E-state index contributed by atoms with van der Waals surface area (Å²) in [5.41, 5.74) is 10.4. The summed E-state index contributed by atoms with van der Waals surface area (Å²) in [6.45, 7) is 2.21. The van der Waals surface area contributed by atoms with Gasteiger partial charge in [0.25, 0.3) is 5.91 Å². The smallest absolute Gasteiger partial charge is 0.265 e. The fourth-order valence-electron chi connectivity index (χ4n) is 1.36. The van der Waals surface area contributed by atoms with E-state index in [2.05, 4.69) is 17.3 Å². The van der Waals surface area contributed by atoms with E-state index in [-0.39, 0.29) is 5.91 Å². The first-order valence-electron chi connectivity index (χ1n) is 5.32. The van der Waals surface area contributed by atoms with Gasteiger partial charge in [-0.15, -0.1) is 0 Å². The van der Waals surface area contributed by atoms with Crippen molar-refractivity contribution in [3.05, 3.63) is 34.9 Å². The van der Waals surface area contributed by atoms with Crippen LogP contribution in [0.5, 0.6) is 0 Å². The number of hydrazine groups is 1. The van der Waals surface area contributed by atoms with Crippen LogP contribution in [0.2, 0.25) is 0 Å². The highest BCUT2D eigenvalue weighted by molar-refractivity contribution is 5.95.